The number of rotatable bonds is 4. The van der Waals surface area contributed by atoms with E-state index in [9.17, 15) is 0 Å². The summed E-state index contributed by atoms with van der Waals surface area (Å²) < 4.78 is 7.01. The summed E-state index contributed by atoms with van der Waals surface area (Å²) in [4.78, 5) is 0. The Hall–Kier alpha value is -0.790. The normalized spacial score (nSPS) is 21.0. The first-order valence-corrected chi connectivity index (χ1v) is 5.96. The molecule has 1 aliphatic rings. The van der Waals surface area contributed by atoms with Gasteiger partial charge < -0.3 is 16.3 Å². The number of ether oxygens (including phenoxy) is 1. The molecule has 0 radical (unpaired) electrons. The molecule has 0 saturated carbocycles. The van der Waals surface area contributed by atoms with Crippen molar-refractivity contribution >= 4 is 11.8 Å². The van der Waals surface area contributed by atoms with Gasteiger partial charge in [0.25, 0.3) is 0 Å². The summed E-state index contributed by atoms with van der Waals surface area (Å²) in [6.07, 6.45) is 2.04. The Labute approximate surface area is 92.3 Å². The molecule has 1 saturated heterocycles. The maximum Gasteiger partial charge on any atom is 0.209 e. The Morgan fingerprint density at radius 1 is 1.53 bits per heavy atom. The summed E-state index contributed by atoms with van der Waals surface area (Å²) in [5.74, 6) is 7.38. The van der Waals surface area contributed by atoms with Crippen LogP contribution in [0.2, 0.25) is 0 Å². The number of thioether (sulfide) groups is 1. The van der Waals surface area contributed by atoms with E-state index >= 15 is 0 Å². The van der Waals surface area contributed by atoms with Gasteiger partial charge in [-0.25, -0.2) is 4.68 Å². The molecule has 1 aromatic heterocycles. The fourth-order valence-corrected chi connectivity index (χ4v) is 2.17. The monoisotopic (exact) mass is 229 g/mol. The summed E-state index contributed by atoms with van der Waals surface area (Å²) >= 11 is 1.51. The first-order valence-electron chi connectivity index (χ1n) is 4.97. The second-order valence-corrected chi connectivity index (χ2v) is 4.41. The highest BCUT2D eigenvalue weighted by Gasteiger charge is 2.24. The van der Waals surface area contributed by atoms with Crippen molar-refractivity contribution in [3.63, 3.8) is 0 Å². The Balaban J connectivity index is 2.08. The van der Waals surface area contributed by atoms with Gasteiger partial charge in [0, 0.05) is 18.9 Å². The van der Waals surface area contributed by atoms with Crippen LogP contribution in [0.15, 0.2) is 5.16 Å². The Morgan fingerprint density at radius 2 is 2.40 bits per heavy atom. The molecule has 1 fully saturated rings. The van der Waals surface area contributed by atoms with Crippen molar-refractivity contribution in [2.75, 3.05) is 24.7 Å². The zero-order valence-electron chi connectivity index (χ0n) is 8.43. The van der Waals surface area contributed by atoms with Gasteiger partial charge in [0.15, 0.2) is 5.82 Å². The van der Waals surface area contributed by atoms with Crippen molar-refractivity contribution in [1.29, 1.82) is 0 Å². The van der Waals surface area contributed by atoms with Gasteiger partial charge in [0.05, 0.1) is 0 Å². The number of hydrogen-bond donors (Lipinski definition) is 2. The number of nitrogens with zero attached hydrogens (tertiary/aromatic N) is 3. The van der Waals surface area contributed by atoms with Gasteiger partial charge in [0.1, 0.15) is 6.10 Å². The zero-order chi connectivity index (χ0) is 10.7. The lowest BCUT2D eigenvalue weighted by Gasteiger charge is -2.08. The molecule has 1 aliphatic heterocycles. The number of nitrogen functional groups attached to an aromatic ring is 1. The highest BCUT2D eigenvalue weighted by Crippen LogP contribution is 2.27. The molecular weight excluding hydrogens is 214 g/mol. The summed E-state index contributed by atoms with van der Waals surface area (Å²) in [5, 5.41) is 8.77. The zero-order valence-corrected chi connectivity index (χ0v) is 9.24. The highest BCUT2D eigenvalue weighted by atomic mass is 32.2. The van der Waals surface area contributed by atoms with E-state index in [0.717, 1.165) is 25.2 Å². The van der Waals surface area contributed by atoms with E-state index in [1.807, 2.05) is 0 Å². The molecule has 84 valence electrons. The smallest absolute Gasteiger partial charge is 0.209 e. The van der Waals surface area contributed by atoms with Gasteiger partial charge in [-0.15, -0.1) is 10.2 Å². The molecule has 2 rings (SSSR count). The molecule has 4 N–H and O–H groups in total. The first kappa shape index (κ1) is 10.7. The SMILES string of the molecule is NCCSc1nnc(C2CCCO2)n1N. The van der Waals surface area contributed by atoms with E-state index in [1.54, 1.807) is 0 Å². The molecule has 2 heterocycles. The summed E-state index contributed by atoms with van der Waals surface area (Å²) in [6.45, 7) is 1.38. The third kappa shape index (κ3) is 2.24. The molecule has 7 heteroatoms. The Bertz CT molecular complexity index is 323. The number of aromatic nitrogens is 3. The van der Waals surface area contributed by atoms with Gasteiger partial charge in [-0.2, -0.15) is 0 Å². The number of hydrogen-bond acceptors (Lipinski definition) is 6. The van der Waals surface area contributed by atoms with Crippen LogP contribution in [-0.2, 0) is 4.74 Å². The second-order valence-electron chi connectivity index (χ2n) is 3.35. The van der Waals surface area contributed by atoms with E-state index in [4.69, 9.17) is 16.3 Å². The van der Waals surface area contributed by atoms with E-state index in [-0.39, 0.29) is 6.10 Å². The van der Waals surface area contributed by atoms with Crippen molar-refractivity contribution in [2.45, 2.75) is 24.1 Å². The molecule has 6 nitrogen and oxygen atoms in total. The second kappa shape index (κ2) is 4.82. The molecular formula is C8H15N5OS. The van der Waals surface area contributed by atoms with Gasteiger partial charge in [-0.3, -0.25) is 0 Å². The van der Waals surface area contributed by atoms with Crippen molar-refractivity contribution in [3.8, 4) is 0 Å². The fourth-order valence-electron chi connectivity index (χ4n) is 1.54. The van der Waals surface area contributed by atoms with Gasteiger partial charge in [-0.1, -0.05) is 11.8 Å². The molecule has 1 atom stereocenters. The average molecular weight is 229 g/mol. The predicted octanol–water partition coefficient (Wildman–Crippen LogP) is -0.106. The minimum Gasteiger partial charge on any atom is -0.370 e. The fraction of sp³-hybridized carbons (Fsp3) is 0.750. The van der Waals surface area contributed by atoms with Crippen molar-refractivity contribution in [2.24, 2.45) is 5.73 Å². The molecule has 15 heavy (non-hydrogen) atoms. The quantitative estimate of drug-likeness (QED) is 0.553. The van der Waals surface area contributed by atoms with Crippen LogP contribution in [0.4, 0.5) is 0 Å². The molecule has 0 aromatic carbocycles. The summed E-state index contributed by atoms with van der Waals surface area (Å²) in [7, 11) is 0. The van der Waals surface area contributed by atoms with Crippen molar-refractivity contribution < 1.29 is 4.74 Å². The van der Waals surface area contributed by atoms with Gasteiger partial charge in [-0.05, 0) is 12.8 Å². The standard InChI is InChI=1S/C8H15N5OS/c9-3-5-15-8-12-11-7(13(8)10)6-2-1-4-14-6/h6H,1-5,9-10H2. The molecule has 0 amide bonds. The van der Waals surface area contributed by atoms with Crippen LogP contribution < -0.4 is 11.6 Å². The minimum absolute atomic E-state index is 0.00901. The maximum atomic E-state index is 5.87. The lowest BCUT2D eigenvalue weighted by Crippen LogP contribution is -2.17. The Kier molecular flexibility index (Phi) is 3.45. The average Bonchev–Trinajstić information content (AvgIpc) is 2.84. The highest BCUT2D eigenvalue weighted by molar-refractivity contribution is 7.99. The van der Waals surface area contributed by atoms with E-state index in [2.05, 4.69) is 10.2 Å². The van der Waals surface area contributed by atoms with E-state index in [1.165, 1.54) is 16.4 Å². The first-order chi connectivity index (χ1) is 7.33. The minimum atomic E-state index is 0.00901. The lowest BCUT2D eigenvalue weighted by atomic mass is 10.2. The molecule has 0 spiro atoms. The molecule has 1 aromatic rings. The summed E-state index contributed by atoms with van der Waals surface area (Å²) in [6, 6.07) is 0. The summed E-state index contributed by atoms with van der Waals surface area (Å²) in [5.41, 5.74) is 5.41. The van der Waals surface area contributed by atoms with Gasteiger partial charge >= 0.3 is 0 Å². The van der Waals surface area contributed by atoms with Crippen LogP contribution in [0.5, 0.6) is 0 Å². The number of nitrogens with two attached hydrogens (primary N) is 2. The van der Waals surface area contributed by atoms with Crippen LogP contribution >= 0.6 is 11.8 Å². The van der Waals surface area contributed by atoms with Crippen molar-refractivity contribution in [1.82, 2.24) is 14.9 Å². The maximum absolute atomic E-state index is 5.87. The van der Waals surface area contributed by atoms with Crippen molar-refractivity contribution in [3.05, 3.63) is 5.82 Å². The molecule has 0 bridgehead atoms. The lowest BCUT2D eigenvalue weighted by molar-refractivity contribution is 0.103. The van der Waals surface area contributed by atoms with Crippen LogP contribution in [0.25, 0.3) is 0 Å². The Morgan fingerprint density at radius 3 is 3.07 bits per heavy atom. The third-order valence-corrected chi connectivity index (χ3v) is 3.23. The topological polar surface area (TPSA) is 92.0 Å². The molecule has 1 unspecified atom stereocenters. The van der Waals surface area contributed by atoms with Gasteiger partial charge in [0.2, 0.25) is 5.16 Å². The largest absolute Gasteiger partial charge is 0.370 e. The van der Waals surface area contributed by atoms with E-state index in [0.29, 0.717) is 17.5 Å². The molecule has 0 aliphatic carbocycles. The third-order valence-electron chi connectivity index (χ3n) is 2.26. The van der Waals surface area contributed by atoms with E-state index < -0.39 is 0 Å². The van der Waals surface area contributed by atoms with Crippen LogP contribution in [0.3, 0.4) is 0 Å². The van der Waals surface area contributed by atoms with Crippen LogP contribution in [0, 0.1) is 0 Å². The predicted molar refractivity (Wildman–Crippen MR) is 57.9 cm³/mol. The van der Waals surface area contributed by atoms with Crippen LogP contribution in [0.1, 0.15) is 24.8 Å². The van der Waals surface area contributed by atoms with Crippen LogP contribution in [-0.4, -0.2) is 33.8 Å².